The van der Waals surface area contributed by atoms with Crippen LogP contribution in [0.1, 0.15) is 17.0 Å². The summed E-state index contributed by atoms with van der Waals surface area (Å²) in [6, 6.07) is 16.3. The van der Waals surface area contributed by atoms with Crippen molar-refractivity contribution in [1.29, 1.82) is 0 Å². The first kappa shape index (κ1) is 21.3. The fraction of sp³-hybridized carbons (Fsp3) is 0.417. The molecule has 31 heavy (non-hydrogen) atoms. The first-order valence-electron chi connectivity index (χ1n) is 10.8. The SMILES string of the molecule is CN1CCN(CCN(CC(=O)O)C(=O)OCC2c3ccccc3-c3ccccc32)CC1. The number of amides is 1. The maximum atomic E-state index is 12.8. The number of ether oxygens (including phenoxy) is 1. The molecule has 1 fully saturated rings. The number of rotatable bonds is 7. The number of nitrogens with zero attached hydrogens (tertiary/aromatic N) is 3. The van der Waals surface area contributed by atoms with Gasteiger partial charge in [-0.3, -0.25) is 14.6 Å². The minimum atomic E-state index is -1.04. The van der Waals surface area contributed by atoms with Crippen molar-refractivity contribution >= 4 is 12.1 Å². The van der Waals surface area contributed by atoms with Crippen LogP contribution in [0.15, 0.2) is 48.5 Å². The average molecular weight is 424 g/mol. The van der Waals surface area contributed by atoms with Crippen molar-refractivity contribution < 1.29 is 19.4 Å². The van der Waals surface area contributed by atoms with E-state index >= 15 is 0 Å². The van der Waals surface area contributed by atoms with E-state index in [9.17, 15) is 14.7 Å². The molecular weight excluding hydrogens is 394 g/mol. The van der Waals surface area contributed by atoms with Gasteiger partial charge in [0.2, 0.25) is 0 Å². The Morgan fingerprint density at radius 2 is 1.58 bits per heavy atom. The standard InChI is InChI=1S/C24H29N3O4/c1-25-10-12-26(13-11-25)14-15-27(16-23(28)29)24(30)31-17-22-20-8-4-2-6-18(20)19-7-3-5-9-21(19)22/h2-9,22H,10-17H2,1H3,(H,28,29). The van der Waals surface area contributed by atoms with Gasteiger partial charge in [-0.05, 0) is 29.3 Å². The van der Waals surface area contributed by atoms with Crippen LogP contribution in [0, 0.1) is 0 Å². The number of piperazine rings is 1. The van der Waals surface area contributed by atoms with Gasteiger partial charge in [0.05, 0.1) is 0 Å². The minimum absolute atomic E-state index is 0.0411. The van der Waals surface area contributed by atoms with Crippen LogP contribution in [0.5, 0.6) is 0 Å². The highest BCUT2D eigenvalue weighted by molar-refractivity contribution is 5.79. The third-order valence-corrected chi connectivity index (χ3v) is 6.20. The fourth-order valence-electron chi connectivity index (χ4n) is 4.42. The topological polar surface area (TPSA) is 73.3 Å². The number of carboxylic acids is 1. The summed E-state index contributed by atoms with van der Waals surface area (Å²) >= 11 is 0. The lowest BCUT2D eigenvalue weighted by molar-refractivity contribution is -0.138. The van der Waals surface area contributed by atoms with Crippen LogP contribution in [0.3, 0.4) is 0 Å². The summed E-state index contributed by atoms with van der Waals surface area (Å²) in [6.07, 6.45) is -0.571. The fourth-order valence-corrected chi connectivity index (χ4v) is 4.42. The van der Waals surface area contributed by atoms with Gasteiger partial charge in [-0.25, -0.2) is 4.79 Å². The summed E-state index contributed by atoms with van der Waals surface area (Å²) in [7, 11) is 2.09. The number of benzene rings is 2. The highest BCUT2D eigenvalue weighted by atomic mass is 16.6. The molecule has 0 saturated carbocycles. The van der Waals surface area contributed by atoms with Crippen LogP contribution < -0.4 is 0 Å². The zero-order valence-corrected chi connectivity index (χ0v) is 17.9. The monoisotopic (exact) mass is 423 g/mol. The minimum Gasteiger partial charge on any atom is -0.480 e. The zero-order valence-electron chi connectivity index (χ0n) is 17.9. The molecule has 7 heteroatoms. The van der Waals surface area contributed by atoms with Crippen molar-refractivity contribution in [3.8, 4) is 11.1 Å². The molecule has 1 aliphatic heterocycles. The Bertz CT molecular complexity index is 894. The van der Waals surface area contributed by atoms with E-state index in [1.54, 1.807) is 0 Å². The number of fused-ring (bicyclic) bond motifs is 3. The van der Waals surface area contributed by atoms with E-state index in [2.05, 4.69) is 41.1 Å². The molecule has 1 N–H and O–H groups in total. The summed E-state index contributed by atoms with van der Waals surface area (Å²) in [5.74, 6) is -1.08. The van der Waals surface area contributed by atoms with Gasteiger partial charge in [-0.15, -0.1) is 0 Å². The smallest absolute Gasteiger partial charge is 0.410 e. The number of carbonyl (C=O) groups is 2. The summed E-state index contributed by atoms with van der Waals surface area (Å²) in [5.41, 5.74) is 4.60. The van der Waals surface area contributed by atoms with E-state index in [4.69, 9.17) is 4.74 Å². The van der Waals surface area contributed by atoms with Gasteiger partial charge in [-0.2, -0.15) is 0 Å². The van der Waals surface area contributed by atoms with E-state index in [1.807, 2.05) is 24.3 Å². The largest absolute Gasteiger partial charge is 0.480 e. The molecule has 0 spiro atoms. The van der Waals surface area contributed by atoms with Gasteiger partial charge < -0.3 is 14.7 Å². The highest BCUT2D eigenvalue weighted by Crippen LogP contribution is 2.44. The third kappa shape index (κ3) is 4.89. The Hall–Kier alpha value is -2.90. The van der Waals surface area contributed by atoms with Crippen molar-refractivity contribution in [3.63, 3.8) is 0 Å². The zero-order chi connectivity index (χ0) is 21.8. The summed E-state index contributed by atoms with van der Waals surface area (Å²) in [4.78, 5) is 29.9. The lowest BCUT2D eigenvalue weighted by atomic mass is 9.98. The molecule has 4 rings (SSSR count). The molecule has 0 radical (unpaired) electrons. The van der Waals surface area contributed by atoms with E-state index in [1.165, 1.54) is 4.90 Å². The van der Waals surface area contributed by atoms with Gasteiger partial charge in [-0.1, -0.05) is 48.5 Å². The molecule has 2 aromatic rings. The van der Waals surface area contributed by atoms with Crippen LogP contribution in [-0.2, 0) is 9.53 Å². The lowest BCUT2D eigenvalue weighted by Crippen LogP contribution is -2.48. The molecule has 2 aliphatic rings. The van der Waals surface area contributed by atoms with Gasteiger partial charge in [0.15, 0.2) is 0 Å². The van der Waals surface area contributed by atoms with E-state index in [-0.39, 0.29) is 19.1 Å². The maximum absolute atomic E-state index is 12.8. The second-order valence-corrected chi connectivity index (χ2v) is 8.26. The Balaban J connectivity index is 1.40. The van der Waals surface area contributed by atoms with Crippen LogP contribution in [0.2, 0.25) is 0 Å². The molecule has 164 valence electrons. The molecule has 1 saturated heterocycles. The summed E-state index contributed by atoms with van der Waals surface area (Å²) < 4.78 is 5.66. The van der Waals surface area contributed by atoms with Crippen molar-refractivity contribution in [2.75, 3.05) is 59.5 Å². The summed E-state index contributed by atoms with van der Waals surface area (Å²) in [6.45, 7) is 4.61. The van der Waals surface area contributed by atoms with Gasteiger partial charge >= 0.3 is 12.1 Å². The van der Waals surface area contributed by atoms with Gasteiger partial charge in [0.25, 0.3) is 0 Å². The Kier molecular flexibility index (Phi) is 6.53. The van der Waals surface area contributed by atoms with Crippen molar-refractivity contribution in [2.24, 2.45) is 0 Å². The normalized spacial score (nSPS) is 16.5. The molecule has 0 atom stereocenters. The molecule has 1 heterocycles. The molecular formula is C24H29N3O4. The highest BCUT2D eigenvalue weighted by Gasteiger charge is 2.30. The average Bonchev–Trinajstić information content (AvgIpc) is 3.09. The van der Waals surface area contributed by atoms with Crippen LogP contribution in [0.4, 0.5) is 4.79 Å². The number of hydrogen-bond acceptors (Lipinski definition) is 5. The van der Waals surface area contributed by atoms with Gasteiger partial charge in [0.1, 0.15) is 13.2 Å². The predicted octanol–water partition coefficient (Wildman–Crippen LogP) is 2.57. The van der Waals surface area contributed by atoms with Crippen LogP contribution in [0.25, 0.3) is 11.1 Å². The second kappa shape index (κ2) is 9.49. The third-order valence-electron chi connectivity index (χ3n) is 6.20. The van der Waals surface area contributed by atoms with Gasteiger partial charge in [0, 0.05) is 45.2 Å². The quantitative estimate of drug-likeness (QED) is 0.738. The second-order valence-electron chi connectivity index (χ2n) is 8.26. The van der Waals surface area contributed by atoms with Crippen molar-refractivity contribution in [1.82, 2.24) is 14.7 Å². The molecule has 0 unspecified atom stereocenters. The number of carboxylic acid groups (broad SMARTS) is 1. The molecule has 0 aromatic heterocycles. The first-order valence-corrected chi connectivity index (χ1v) is 10.8. The molecule has 1 aliphatic carbocycles. The van der Waals surface area contributed by atoms with E-state index in [0.29, 0.717) is 13.1 Å². The number of aliphatic carboxylic acids is 1. The Morgan fingerprint density at radius 3 is 2.16 bits per heavy atom. The van der Waals surface area contributed by atoms with Crippen molar-refractivity contribution in [2.45, 2.75) is 5.92 Å². The summed E-state index contributed by atoms with van der Waals surface area (Å²) in [5, 5.41) is 9.27. The predicted molar refractivity (Wildman–Crippen MR) is 118 cm³/mol. The Labute approximate surface area is 182 Å². The van der Waals surface area contributed by atoms with Crippen molar-refractivity contribution in [3.05, 3.63) is 59.7 Å². The Morgan fingerprint density at radius 1 is 1.00 bits per heavy atom. The number of likely N-dealkylation sites (N-methyl/N-ethyl adjacent to an activating group) is 1. The van der Waals surface area contributed by atoms with Crippen LogP contribution in [-0.4, -0.2) is 91.3 Å². The van der Waals surface area contributed by atoms with Crippen LogP contribution >= 0.6 is 0 Å². The molecule has 0 bridgehead atoms. The molecule has 2 aromatic carbocycles. The first-order chi connectivity index (χ1) is 15.0. The van der Waals surface area contributed by atoms with E-state index < -0.39 is 12.1 Å². The maximum Gasteiger partial charge on any atom is 0.410 e. The van der Waals surface area contributed by atoms with E-state index in [0.717, 1.165) is 48.4 Å². The number of hydrogen-bond donors (Lipinski definition) is 1. The lowest BCUT2D eigenvalue weighted by Gasteiger charge is -2.33. The molecule has 1 amide bonds. The molecule has 7 nitrogen and oxygen atoms in total. The number of carbonyl (C=O) groups excluding carboxylic acids is 1.